The van der Waals surface area contributed by atoms with Crippen LogP contribution in [0.2, 0.25) is 0 Å². The third-order valence-electron chi connectivity index (χ3n) is 3.24. The van der Waals surface area contributed by atoms with Crippen molar-refractivity contribution in [3.63, 3.8) is 0 Å². The van der Waals surface area contributed by atoms with Gasteiger partial charge in [0.15, 0.2) is 11.9 Å². The van der Waals surface area contributed by atoms with Gasteiger partial charge in [0, 0.05) is 13.0 Å². The summed E-state index contributed by atoms with van der Waals surface area (Å²) in [7, 11) is 1.94. The van der Waals surface area contributed by atoms with Gasteiger partial charge in [0.25, 0.3) is 0 Å². The van der Waals surface area contributed by atoms with Crippen LogP contribution in [0.1, 0.15) is 7.06 Å². The van der Waals surface area contributed by atoms with Gasteiger partial charge < -0.3 is 0 Å². The molecule has 1 heteroatoms. The Hall–Kier alpha value is -1.89. The fourth-order valence-electron chi connectivity index (χ4n) is 2.24. The Morgan fingerprint density at radius 2 is 1.75 bits per heavy atom. The van der Waals surface area contributed by atoms with E-state index >= 15 is 0 Å². The van der Waals surface area contributed by atoms with Crippen LogP contribution < -0.4 is 4.57 Å². The molecular weight excluding hydrogens is 194 g/mol. The first-order chi connectivity index (χ1) is 8.18. The van der Waals surface area contributed by atoms with E-state index in [0.717, 1.165) is 11.1 Å². The third kappa shape index (κ3) is 1.21. The lowest BCUT2D eigenvalue weighted by Crippen LogP contribution is -2.31. The number of pyridine rings is 1. The van der Waals surface area contributed by atoms with Crippen molar-refractivity contribution in [2.24, 2.45) is 7.05 Å². The van der Waals surface area contributed by atoms with E-state index in [9.17, 15) is 0 Å². The molecule has 0 aliphatic rings. The van der Waals surface area contributed by atoms with Gasteiger partial charge in [-0.1, -0.05) is 36.4 Å². The van der Waals surface area contributed by atoms with E-state index in [-0.39, 0.29) is 0 Å². The van der Waals surface area contributed by atoms with Gasteiger partial charge in [0.2, 0.25) is 0 Å². The van der Waals surface area contributed by atoms with E-state index in [1.165, 1.54) is 16.2 Å². The average Bonchev–Trinajstić information content (AvgIpc) is 2.35. The van der Waals surface area contributed by atoms with Crippen molar-refractivity contribution in [3.8, 4) is 0 Å². The highest BCUT2D eigenvalue weighted by atomic mass is 14.9. The van der Waals surface area contributed by atoms with Crippen molar-refractivity contribution in [2.45, 2.75) is 6.92 Å². The molecule has 1 heterocycles. The van der Waals surface area contributed by atoms with Gasteiger partial charge in [0.05, 0.1) is 5.39 Å². The molecule has 0 aliphatic heterocycles. The van der Waals surface area contributed by atoms with Gasteiger partial charge in [-0.15, -0.1) is 0 Å². The summed E-state index contributed by atoms with van der Waals surface area (Å²) in [4.78, 5) is 0. The maximum atomic E-state index is 7.91. The molecule has 2 aromatic carbocycles. The maximum absolute atomic E-state index is 7.91. The summed E-state index contributed by atoms with van der Waals surface area (Å²) in [6, 6.07) is 14.5. The maximum Gasteiger partial charge on any atom is 0.186 e. The topological polar surface area (TPSA) is 3.88 Å². The second kappa shape index (κ2) is 3.31. The minimum Gasteiger partial charge on any atom is -0.205 e. The monoisotopic (exact) mass is 210 g/mol. The van der Waals surface area contributed by atoms with Gasteiger partial charge in [-0.2, -0.15) is 0 Å². The van der Waals surface area contributed by atoms with E-state index in [2.05, 4.69) is 43.3 Å². The number of benzene rings is 2. The van der Waals surface area contributed by atoms with Crippen molar-refractivity contribution in [1.29, 1.82) is 0 Å². The molecule has 0 amide bonds. The van der Waals surface area contributed by atoms with E-state index in [4.69, 9.17) is 1.37 Å². The number of fused-ring (bicyclic) bond motifs is 3. The molecule has 0 bridgehead atoms. The van der Waals surface area contributed by atoms with E-state index in [1.807, 2.05) is 17.7 Å². The SMILES string of the molecule is [3H]c1cc2ccc3ccccc3c2c(C)[n+]1C. The Morgan fingerprint density at radius 1 is 1.00 bits per heavy atom. The molecule has 3 rings (SSSR count). The molecule has 16 heavy (non-hydrogen) atoms. The number of rotatable bonds is 0. The smallest absolute Gasteiger partial charge is 0.186 e. The Morgan fingerprint density at radius 3 is 2.62 bits per heavy atom. The summed E-state index contributed by atoms with van der Waals surface area (Å²) in [5.41, 5.74) is 1.14. The molecule has 3 aromatic rings. The zero-order chi connectivity index (χ0) is 12.0. The first kappa shape index (κ1) is 8.28. The standard InChI is InChI=1S/C15H14N/c1-11-15-13(9-10-16(11)2)8-7-12-5-3-4-6-14(12)15/h3-10H,1-2H3/q+1/i10T. The average molecular weight is 210 g/mol. The van der Waals surface area contributed by atoms with Gasteiger partial charge in [-0.25, -0.2) is 4.57 Å². The van der Waals surface area contributed by atoms with Gasteiger partial charge in [0.1, 0.15) is 8.42 Å². The first-order valence-electron chi connectivity index (χ1n) is 5.96. The predicted octanol–water partition coefficient (Wildman–Crippen LogP) is 3.13. The Balaban J connectivity index is 2.62. The number of aromatic nitrogens is 1. The van der Waals surface area contributed by atoms with Crippen LogP contribution in [0.4, 0.5) is 0 Å². The number of hydrogen-bond acceptors (Lipinski definition) is 0. The molecule has 0 saturated carbocycles. The fourth-order valence-corrected chi connectivity index (χ4v) is 2.24. The van der Waals surface area contributed by atoms with Crippen LogP contribution in [-0.2, 0) is 7.05 Å². The van der Waals surface area contributed by atoms with Gasteiger partial charge in [-0.05, 0) is 16.2 Å². The number of hydrogen-bond donors (Lipinski definition) is 0. The Labute approximate surface area is 96.4 Å². The lowest BCUT2D eigenvalue weighted by molar-refractivity contribution is -0.676. The van der Waals surface area contributed by atoms with Crippen LogP contribution in [0.15, 0.2) is 48.6 Å². The molecular formula is C15H14N+. The largest absolute Gasteiger partial charge is 0.205 e. The Kier molecular flexibility index (Phi) is 1.71. The van der Waals surface area contributed by atoms with Crippen molar-refractivity contribution < 1.29 is 5.94 Å². The van der Waals surface area contributed by atoms with Crippen LogP contribution in [0.5, 0.6) is 0 Å². The van der Waals surface area contributed by atoms with Crippen LogP contribution in [0.25, 0.3) is 21.5 Å². The summed E-state index contributed by atoms with van der Waals surface area (Å²) in [6.07, 6.45) is 0.547. The lowest BCUT2D eigenvalue weighted by atomic mass is 10.0. The van der Waals surface area contributed by atoms with Crippen molar-refractivity contribution >= 4 is 21.5 Å². The van der Waals surface area contributed by atoms with Crippen LogP contribution in [-0.4, -0.2) is 0 Å². The molecule has 0 radical (unpaired) electrons. The molecule has 0 unspecified atom stereocenters. The quantitative estimate of drug-likeness (QED) is 0.396. The molecule has 0 aliphatic carbocycles. The third-order valence-corrected chi connectivity index (χ3v) is 3.24. The van der Waals surface area contributed by atoms with E-state index < -0.39 is 0 Å². The van der Waals surface area contributed by atoms with E-state index in [0.29, 0.717) is 6.17 Å². The molecule has 0 fully saturated rings. The first-order valence-corrected chi connectivity index (χ1v) is 5.46. The van der Waals surface area contributed by atoms with Crippen molar-refractivity contribution in [3.05, 3.63) is 54.3 Å². The minimum atomic E-state index is 0.547. The normalized spacial score (nSPS) is 12.0. The highest BCUT2D eigenvalue weighted by Crippen LogP contribution is 2.25. The fraction of sp³-hybridized carbons (Fsp3) is 0.133. The van der Waals surface area contributed by atoms with Crippen molar-refractivity contribution in [2.75, 3.05) is 0 Å². The molecule has 0 atom stereocenters. The van der Waals surface area contributed by atoms with Crippen LogP contribution in [0.3, 0.4) is 0 Å². The van der Waals surface area contributed by atoms with Crippen molar-refractivity contribution in [1.82, 2.24) is 0 Å². The van der Waals surface area contributed by atoms with Crippen LogP contribution in [0, 0.1) is 6.92 Å². The zero-order valence-corrected chi connectivity index (χ0v) is 9.49. The second-order valence-electron chi connectivity index (χ2n) is 4.17. The summed E-state index contributed by atoms with van der Waals surface area (Å²) >= 11 is 0. The summed E-state index contributed by atoms with van der Waals surface area (Å²) < 4.78 is 9.84. The zero-order valence-electron chi connectivity index (χ0n) is 10.5. The second-order valence-corrected chi connectivity index (χ2v) is 4.17. The minimum absolute atomic E-state index is 0.547. The molecule has 1 aromatic heterocycles. The highest BCUT2D eigenvalue weighted by Gasteiger charge is 2.09. The van der Waals surface area contributed by atoms with Gasteiger partial charge >= 0.3 is 0 Å². The Bertz CT molecular complexity index is 732. The molecule has 0 N–H and O–H groups in total. The highest BCUT2D eigenvalue weighted by molar-refractivity contribution is 6.07. The van der Waals surface area contributed by atoms with Gasteiger partial charge in [-0.3, -0.25) is 0 Å². The predicted molar refractivity (Wildman–Crippen MR) is 67.4 cm³/mol. The molecule has 0 saturated heterocycles. The summed E-state index contributed by atoms with van der Waals surface area (Å²) in [5, 5.41) is 4.91. The van der Waals surface area contributed by atoms with Crippen LogP contribution >= 0.6 is 0 Å². The van der Waals surface area contributed by atoms with E-state index in [1.54, 1.807) is 0 Å². The summed E-state index contributed by atoms with van der Waals surface area (Å²) in [6.45, 7) is 2.08. The molecule has 1 nitrogen and oxygen atoms in total. The molecule has 78 valence electrons. The number of nitrogens with zero attached hydrogens (tertiary/aromatic N) is 1. The lowest BCUT2D eigenvalue weighted by Gasteiger charge is -2.04. The summed E-state index contributed by atoms with van der Waals surface area (Å²) in [5.74, 6) is 0. The number of aryl methyl sites for hydroxylation is 1. The molecule has 0 spiro atoms.